The Balaban J connectivity index is 1.77. The number of aliphatic hydroxyl groups excluding tert-OH is 1. The van der Waals surface area contributed by atoms with Crippen LogP contribution >= 0.6 is 0 Å². The maximum absolute atomic E-state index is 10.4. The van der Waals surface area contributed by atoms with E-state index in [0.717, 1.165) is 16.5 Å². The fraction of sp³-hybridized carbons (Fsp3) is 0.263. The highest BCUT2D eigenvalue weighted by Crippen LogP contribution is 2.26. The lowest BCUT2D eigenvalue weighted by atomic mass is 9.99. The molecule has 2 heteroatoms. The first kappa shape index (κ1) is 13.9. The summed E-state index contributed by atoms with van der Waals surface area (Å²) >= 11 is 0. The number of para-hydroxylation sites is 1. The zero-order valence-electron chi connectivity index (χ0n) is 12.4. The molecular weight excluding hydrogens is 260 g/mol. The Morgan fingerprint density at radius 1 is 1.00 bits per heavy atom. The second-order valence-corrected chi connectivity index (χ2v) is 5.80. The Morgan fingerprint density at radius 3 is 2.38 bits per heavy atom. The van der Waals surface area contributed by atoms with Crippen LogP contribution in [0.3, 0.4) is 0 Å². The highest BCUT2D eigenvalue weighted by atomic mass is 16.4. The number of furan rings is 1. The molecule has 3 rings (SSSR count). The molecule has 0 radical (unpaired) electrons. The smallest absolute Gasteiger partial charge is 0.134 e. The van der Waals surface area contributed by atoms with Crippen LogP contribution in [-0.4, -0.2) is 5.11 Å². The first-order valence-electron chi connectivity index (χ1n) is 7.39. The van der Waals surface area contributed by atoms with Crippen LogP contribution in [0.5, 0.6) is 0 Å². The highest BCUT2D eigenvalue weighted by molar-refractivity contribution is 5.77. The molecule has 0 bridgehead atoms. The molecule has 21 heavy (non-hydrogen) atoms. The van der Waals surface area contributed by atoms with E-state index in [0.29, 0.717) is 18.1 Å². The zero-order chi connectivity index (χ0) is 14.8. The minimum Gasteiger partial charge on any atom is -0.458 e. The highest BCUT2D eigenvalue weighted by Gasteiger charge is 2.14. The lowest BCUT2D eigenvalue weighted by Gasteiger charge is -2.10. The topological polar surface area (TPSA) is 33.4 Å². The largest absolute Gasteiger partial charge is 0.458 e. The van der Waals surface area contributed by atoms with E-state index in [1.807, 2.05) is 30.3 Å². The Kier molecular flexibility index (Phi) is 3.80. The van der Waals surface area contributed by atoms with Gasteiger partial charge in [0.1, 0.15) is 17.4 Å². The molecule has 2 nitrogen and oxygen atoms in total. The van der Waals surface area contributed by atoms with E-state index < -0.39 is 6.10 Å². The van der Waals surface area contributed by atoms with E-state index in [2.05, 4.69) is 38.1 Å². The molecule has 1 unspecified atom stereocenters. The molecule has 0 saturated carbocycles. The Hall–Kier alpha value is -2.06. The van der Waals surface area contributed by atoms with Gasteiger partial charge in [0.05, 0.1) is 0 Å². The van der Waals surface area contributed by atoms with Crippen LogP contribution in [0.25, 0.3) is 11.0 Å². The molecule has 1 heterocycles. The lowest BCUT2D eigenvalue weighted by molar-refractivity contribution is 0.152. The summed E-state index contributed by atoms with van der Waals surface area (Å²) in [7, 11) is 0. The summed E-state index contributed by atoms with van der Waals surface area (Å²) in [4.78, 5) is 0. The van der Waals surface area contributed by atoms with Crippen LogP contribution in [0.1, 0.15) is 42.8 Å². The number of hydrogen-bond acceptors (Lipinski definition) is 2. The SMILES string of the molecule is CC(C)c1ccc(CC(O)c2cc3ccccc3o2)cc1. The quantitative estimate of drug-likeness (QED) is 0.742. The number of hydrogen-bond donors (Lipinski definition) is 1. The van der Waals surface area contributed by atoms with Gasteiger partial charge < -0.3 is 9.52 Å². The van der Waals surface area contributed by atoms with Crippen molar-refractivity contribution >= 4 is 11.0 Å². The van der Waals surface area contributed by atoms with E-state index in [1.165, 1.54) is 5.56 Å². The summed E-state index contributed by atoms with van der Waals surface area (Å²) in [5.41, 5.74) is 3.26. The summed E-state index contributed by atoms with van der Waals surface area (Å²) in [6, 6.07) is 18.2. The second kappa shape index (κ2) is 5.74. The third-order valence-corrected chi connectivity index (χ3v) is 3.85. The summed E-state index contributed by atoms with van der Waals surface area (Å²) in [6.45, 7) is 4.36. The molecule has 1 aromatic heterocycles. The van der Waals surface area contributed by atoms with Gasteiger partial charge in [-0.1, -0.05) is 56.3 Å². The standard InChI is InChI=1S/C19H20O2/c1-13(2)15-9-7-14(8-10-15)11-17(20)19-12-16-5-3-4-6-18(16)21-19/h3-10,12-13,17,20H,11H2,1-2H3. The lowest BCUT2D eigenvalue weighted by Crippen LogP contribution is -2.00. The minimum atomic E-state index is -0.609. The molecule has 0 spiro atoms. The van der Waals surface area contributed by atoms with Crippen molar-refractivity contribution in [2.75, 3.05) is 0 Å². The first-order chi connectivity index (χ1) is 10.1. The predicted octanol–water partition coefficient (Wildman–Crippen LogP) is 4.83. The van der Waals surface area contributed by atoms with E-state index >= 15 is 0 Å². The molecule has 0 aliphatic carbocycles. The Labute approximate surface area is 125 Å². The fourth-order valence-electron chi connectivity index (χ4n) is 2.53. The molecule has 2 aromatic carbocycles. The van der Waals surface area contributed by atoms with Gasteiger partial charge in [0, 0.05) is 11.8 Å². The van der Waals surface area contributed by atoms with Crippen LogP contribution < -0.4 is 0 Å². The monoisotopic (exact) mass is 280 g/mol. The minimum absolute atomic E-state index is 0.527. The van der Waals surface area contributed by atoms with Crippen molar-refractivity contribution in [3.8, 4) is 0 Å². The Bertz CT molecular complexity index is 690. The number of aliphatic hydroxyl groups is 1. The van der Waals surface area contributed by atoms with Gasteiger partial charge in [-0.25, -0.2) is 0 Å². The molecular formula is C19H20O2. The van der Waals surface area contributed by atoms with Crippen molar-refractivity contribution in [1.82, 2.24) is 0 Å². The normalized spacial score (nSPS) is 13.0. The van der Waals surface area contributed by atoms with E-state index in [4.69, 9.17) is 4.42 Å². The molecule has 0 aliphatic rings. The van der Waals surface area contributed by atoms with Crippen molar-refractivity contribution in [1.29, 1.82) is 0 Å². The van der Waals surface area contributed by atoms with Crippen LogP contribution in [0.2, 0.25) is 0 Å². The van der Waals surface area contributed by atoms with Crippen LogP contribution in [-0.2, 0) is 6.42 Å². The maximum atomic E-state index is 10.4. The van der Waals surface area contributed by atoms with E-state index in [1.54, 1.807) is 0 Å². The van der Waals surface area contributed by atoms with Gasteiger partial charge in [0.2, 0.25) is 0 Å². The molecule has 0 fully saturated rings. The van der Waals surface area contributed by atoms with Crippen LogP contribution in [0, 0.1) is 0 Å². The van der Waals surface area contributed by atoms with Crippen molar-refractivity contribution in [2.24, 2.45) is 0 Å². The van der Waals surface area contributed by atoms with Gasteiger partial charge in [-0.2, -0.15) is 0 Å². The fourth-order valence-corrected chi connectivity index (χ4v) is 2.53. The zero-order valence-corrected chi connectivity index (χ0v) is 12.4. The van der Waals surface area contributed by atoms with E-state index in [9.17, 15) is 5.11 Å². The van der Waals surface area contributed by atoms with Gasteiger partial charge in [0.25, 0.3) is 0 Å². The predicted molar refractivity (Wildman–Crippen MR) is 85.4 cm³/mol. The number of benzene rings is 2. The molecule has 0 aliphatic heterocycles. The van der Waals surface area contributed by atoms with Gasteiger partial charge in [-0.15, -0.1) is 0 Å². The van der Waals surface area contributed by atoms with Crippen LogP contribution in [0.15, 0.2) is 59.0 Å². The molecule has 1 atom stereocenters. The second-order valence-electron chi connectivity index (χ2n) is 5.80. The van der Waals surface area contributed by atoms with Gasteiger partial charge in [-0.3, -0.25) is 0 Å². The molecule has 0 amide bonds. The van der Waals surface area contributed by atoms with Crippen molar-refractivity contribution < 1.29 is 9.52 Å². The van der Waals surface area contributed by atoms with Gasteiger partial charge in [0.15, 0.2) is 0 Å². The average molecular weight is 280 g/mol. The number of rotatable bonds is 4. The van der Waals surface area contributed by atoms with Crippen molar-refractivity contribution in [3.63, 3.8) is 0 Å². The molecule has 0 saturated heterocycles. The maximum Gasteiger partial charge on any atom is 0.134 e. The third-order valence-electron chi connectivity index (χ3n) is 3.85. The summed E-state index contributed by atoms with van der Waals surface area (Å²) < 4.78 is 5.71. The van der Waals surface area contributed by atoms with Crippen molar-refractivity contribution in [2.45, 2.75) is 32.3 Å². The van der Waals surface area contributed by atoms with Gasteiger partial charge >= 0.3 is 0 Å². The average Bonchev–Trinajstić information content (AvgIpc) is 2.92. The summed E-state index contributed by atoms with van der Waals surface area (Å²) in [5, 5.41) is 11.4. The first-order valence-corrected chi connectivity index (χ1v) is 7.39. The number of fused-ring (bicyclic) bond motifs is 1. The van der Waals surface area contributed by atoms with Crippen LogP contribution in [0.4, 0.5) is 0 Å². The Morgan fingerprint density at radius 2 is 1.71 bits per heavy atom. The molecule has 1 N–H and O–H groups in total. The summed E-state index contributed by atoms with van der Waals surface area (Å²) in [5.74, 6) is 1.16. The molecule has 108 valence electrons. The van der Waals surface area contributed by atoms with Crippen molar-refractivity contribution in [3.05, 3.63) is 71.5 Å². The molecule has 3 aromatic rings. The summed E-state index contributed by atoms with van der Waals surface area (Å²) in [6.07, 6.45) is -0.0413. The third kappa shape index (κ3) is 3.01. The van der Waals surface area contributed by atoms with Gasteiger partial charge in [-0.05, 0) is 29.2 Å². The van der Waals surface area contributed by atoms with E-state index in [-0.39, 0.29) is 0 Å².